The van der Waals surface area contributed by atoms with Crippen LogP contribution in [0.4, 0.5) is 11.4 Å². The van der Waals surface area contributed by atoms with E-state index in [1.165, 1.54) is 5.56 Å². The van der Waals surface area contributed by atoms with Gasteiger partial charge >= 0.3 is 0 Å². The summed E-state index contributed by atoms with van der Waals surface area (Å²) < 4.78 is 0. The maximum Gasteiger partial charge on any atom is 0.0417 e. The Hall–Kier alpha value is -1.70. The third-order valence-electron chi connectivity index (χ3n) is 2.64. The average molecular weight is 200 g/mol. The second-order valence-corrected chi connectivity index (χ2v) is 3.88. The summed E-state index contributed by atoms with van der Waals surface area (Å²) in [6.07, 6.45) is 2.20. The maximum atomic E-state index is 6.01. The Balaban J connectivity index is 2.67. The lowest BCUT2D eigenvalue weighted by atomic mass is 10.0. The normalized spacial score (nSPS) is 10.7. The van der Waals surface area contributed by atoms with Gasteiger partial charge in [0.25, 0.3) is 0 Å². The summed E-state index contributed by atoms with van der Waals surface area (Å²) in [4.78, 5) is 0. The lowest BCUT2D eigenvalue weighted by molar-refractivity contribution is 0.924. The van der Waals surface area contributed by atoms with Crippen LogP contribution in [0.25, 0.3) is 10.8 Å². The van der Waals surface area contributed by atoms with Gasteiger partial charge in [0.1, 0.15) is 0 Å². The molecule has 0 bridgehead atoms. The van der Waals surface area contributed by atoms with E-state index in [2.05, 4.69) is 19.1 Å². The van der Waals surface area contributed by atoms with E-state index >= 15 is 0 Å². The smallest absolute Gasteiger partial charge is 0.0417 e. The monoisotopic (exact) mass is 200 g/mol. The van der Waals surface area contributed by atoms with Crippen molar-refractivity contribution >= 4 is 22.1 Å². The van der Waals surface area contributed by atoms with Gasteiger partial charge in [0, 0.05) is 16.8 Å². The minimum Gasteiger partial charge on any atom is -0.398 e. The van der Waals surface area contributed by atoms with Crippen molar-refractivity contribution in [1.82, 2.24) is 0 Å². The van der Waals surface area contributed by atoms with E-state index in [1.54, 1.807) is 0 Å². The van der Waals surface area contributed by atoms with Gasteiger partial charge in [-0.05, 0) is 29.5 Å². The number of hydrogen-bond acceptors (Lipinski definition) is 2. The molecule has 15 heavy (non-hydrogen) atoms. The first-order chi connectivity index (χ1) is 7.22. The van der Waals surface area contributed by atoms with Gasteiger partial charge in [-0.25, -0.2) is 0 Å². The molecule has 2 nitrogen and oxygen atoms in total. The van der Waals surface area contributed by atoms with Crippen molar-refractivity contribution < 1.29 is 0 Å². The first kappa shape index (κ1) is 9.84. The van der Waals surface area contributed by atoms with Crippen LogP contribution in [0.15, 0.2) is 30.3 Å². The zero-order valence-electron chi connectivity index (χ0n) is 8.96. The van der Waals surface area contributed by atoms with E-state index in [0.29, 0.717) is 0 Å². The Morgan fingerprint density at radius 3 is 2.60 bits per heavy atom. The Labute approximate surface area is 89.9 Å². The minimum absolute atomic E-state index is 0.757. The lowest BCUT2D eigenvalue weighted by Gasteiger charge is -2.08. The summed E-state index contributed by atoms with van der Waals surface area (Å²) in [5.74, 6) is 0. The Kier molecular flexibility index (Phi) is 2.50. The van der Waals surface area contributed by atoms with Crippen molar-refractivity contribution in [2.75, 3.05) is 11.5 Å². The fourth-order valence-electron chi connectivity index (χ4n) is 1.99. The van der Waals surface area contributed by atoms with Crippen LogP contribution in [0.1, 0.15) is 18.9 Å². The molecule has 0 aliphatic heterocycles. The molecule has 2 aromatic rings. The standard InChI is InChI=1S/C13H16N2/c1-2-4-9-7-10-5-3-6-11(14)13(10)12(15)8-9/h3,5-8H,2,4,14-15H2,1H3. The average Bonchev–Trinajstić information content (AvgIpc) is 2.17. The van der Waals surface area contributed by atoms with Crippen LogP contribution in [0, 0.1) is 0 Å². The molecule has 2 aromatic carbocycles. The lowest BCUT2D eigenvalue weighted by Crippen LogP contribution is -1.95. The molecule has 0 aromatic heterocycles. The molecular formula is C13H16N2. The van der Waals surface area contributed by atoms with E-state index in [4.69, 9.17) is 11.5 Å². The SMILES string of the molecule is CCCc1cc(N)c2c(N)cccc2c1. The number of fused-ring (bicyclic) bond motifs is 1. The van der Waals surface area contributed by atoms with E-state index in [9.17, 15) is 0 Å². The molecule has 0 aliphatic carbocycles. The first-order valence-electron chi connectivity index (χ1n) is 5.29. The Bertz CT molecular complexity index is 489. The van der Waals surface area contributed by atoms with Gasteiger partial charge in [-0.3, -0.25) is 0 Å². The molecule has 0 fully saturated rings. The van der Waals surface area contributed by atoms with Crippen LogP contribution < -0.4 is 11.5 Å². The van der Waals surface area contributed by atoms with Crippen LogP contribution in [0.5, 0.6) is 0 Å². The second-order valence-electron chi connectivity index (χ2n) is 3.88. The molecule has 0 spiro atoms. The molecule has 0 saturated carbocycles. The summed E-state index contributed by atoms with van der Waals surface area (Å²) in [5, 5.41) is 2.12. The highest BCUT2D eigenvalue weighted by atomic mass is 14.6. The highest BCUT2D eigenvalue weighted by Crippen LogP contribution is 2.28. The van der Waals surface area contributed by atoms with Crippen molar-refractivity contribution in [2.45, 2.75) is 19.8 Å². The molecule has 0 heterocycles. The summed E-state index contributed by atoms with van der Waals surface area (Å²) in [6.45, 7) is 2.17. The fourth-order valence-corrected chi connectivity index (χ4v) is 1.99. The molecule has 2 rings (SSSR count). The number of benzene rings is 2. The summed E-state index contributed by atoms with van der Waals surface area (Å²) >= 11 is 0. The number of anilines is 2. The van der Waals surface area contributed by atoms with E-state index < -0.39 is 0 Å². The molecule has 0 unspecified atom stereocenters. The van der Waals surface area contributed by atoms with Gasteiger partial charge in [-0.15, -0.1) is 0 Å². The topological polar surface area (TPSA) is 52.0 Å². The van der Waals surface area contributed by atoms with Crippen molar-refractivity contribution in [1.29, 1.82) is 0 Å². The van der Waals surface area contributed by atoms with Crippen LogP contribution in [0.3, 0.4) is 0 Å². The molecule has 78 valence electrons. The zero-order valence-corrected chi connectivity index (χ0v) is 8.96. The van der Waals surface area contributed by atoms with Crippen molar-refractivity contribution in [3.8, 4) is 0 Å². The van der Waals surface area contributed by atoms with Crippen molar-refractivity contribution in [3.05, 3.63) is 35.9 Å². The van der Waals surface area contributed by atoms with Gasteiger partial charge in [0.15, 0.2) is 0 Å². The number of hydrogen-bond donors (Lipinski definition) is 2. The van der Waals surface area contributed by atoms with Crippen LogP contribution in [-0.4, -0.2) is 0 Å². The van der Waals surface area contributed by atoms with Crippen LogP contribution in [-0.2, 0) is 6.42 Å². The van der Waals surface area contributed by atoms with Gasteiger partial charge in [0.05, 0.1) is 0 Å². The van der Waals surface area contributed by atoms with Crippen molar-refractivity contribution in [2.24, 2.45) is 0 Å². The highest BCUT2D eigenvalue weighted by Gasteiger charge is 2.03. The largest absolute Gasteiger partial charge is 0.398 e. The molecule has 2 heteroatoms. The molecule has 0 saturated heterocycles. The summed E-state index contributed by atoms with van der Waals surface area (Å²) in [5.41, 5.74) is 14.7. The minimum atomic E-state index is 0.757. The highest BCUT2D eigenvalue weighted by molar-refractivity contribution is 6.01. The van der Waals surface area contributed by atoms with E-state index in [0.717, 1.165) is 35.0 Å². The number of nitrogen functional groups attached to an aromatic ring is 2. The quantitative estimate of drug-likeness (QED) is 0.732. The predicted molar refractivity (Wildman–Crippen MR) is 66.8 cm³/mol. The second kappa shape index (κ2) is 3.81. The maximum absolute atomic E-state index is 6.01. The van der Waals surface area contributed by atoms with Crippen LogP contribution in [0.2, 0.25) is 0 Å². The fraction of sp³-hybridized carbons (Fsp3) is 0.231. The molecule has 0 atom stereocenters. The van der Waals surface area contributed by atoms with E-state index in [-0.39, 0.29) is 0 Å². The summed E-state index contributed by atoms with van der Waals surface area (Å²) in [6, 6.07) is 10.1. The Morgan fingerprint density at radius 2 is 1.87 bits per heavy atom. The molecule has 4 N–H and O–H groups in total. The molecule has 0 radical (unpaired) electrons. The predicted octanol–water partition coefficient (Wildman–Crippen LogP) is 2.96. The molecular weight excluding hydrogens is 184 g/mol. The van der Waals surface area contributed by atoms with Crippen molar-refractivity contribution in [3.63, 3.8) is 0 Å². The first-order valence-corrected chi connectivity index (χ1v) is 5.29. The third kappa shape index (κ3) is 1.75. The van der Waals surface area contributed by atoms with Gasteiger partial charge in [-0.1, -0.05) is 31.5 Å². The molecule has 0 amide bonds. The van der Waals surface area contributed by atoms with Crippen LogP contribution >= 0.6 is 0 Å². The molecule has 0 aliphatic rings. The van der Waals surface area contributed by atoms with Gasteiger partial charge in [-0.2, -0.15) is 0 Å². The van der Waals surface area contributed by atoms with Gasteiger partial charge < -0.3 is 11.5 Å². The van der Waals surface area contributed by atoms with Gasteiger partial charge in [0.2, 0.25) is 0 Å². The summed E-state index contributed by atoms with van der Waals surface area (Å²) in [7, 11) is 0. The number of nitrogens with two attached hydrogens (primary N) is 2. The third-order valence-corrected chi connectivity index (χ3v) is 2.64. The zero-order chi connectivity index (χ0) is 10.8. The van der Waals surface area contributed by atoms with E-state index in [1.807, 2.05) is 18.2 Å². The number of aryl methyl sites for hydroxylation is 1. The Morgan fingerprint density at radius 1 is 1.07 bits per heavy atom. The number of rotatable bonds is 2.